The fourth-order valence-corrected chi connectivity index (χ4v) is 2.66. The van der Waals surface area contributed by atoms with Crippen LogP contribution in [0.4, 0.5) is 4.39 Å². The molecule has 0 aliphatic carbocycles. The molecule has 3 rings (SSSR count). The molecule has 2 N–H and O–H groups in total. The van der Waals surface area contributed by atoms with Crippen molar-refractivity contribution in [2.45, 2.75) is 25.7 Å². The zero-order valence-corrected chi connectivity index (χ0v) is 11.0. The topological polar surface area (TPSA) is 40.7 Å². The zero-order chi connectivity index (χ0) is 13.2. The predicted molar refractivity (Wildman–Crippen MR) is 73.6 cm³/mol. The Labute approximate surface area is 112 Å². The molecule has 1 aliphatic rings. The first kappa shape index (κ1) is 12.4. The molecule has 1 aromatic carbocycles. The highest BCUT2D eigenvalue weighted by atomic mass is 19.1. The van der Waals surface area contributed by atoms with Crippen LogP contribution in [0.15, 0.2) is 24.3 Å². The summed E-state index contributed by atoms with van der Waals surface area (Å²) in [7, 11) is 0. The number of hydrogen-bond donors (Lipinski definition) is 2. The third-order valence-electron chi connectivity index (χ3n) is 3.75. The summed E-state index contributed by atoms with van der Waals surface area (Å²) in [5, 5.41) is 3.36. The number of nitrogens with zero attached hydrogens (tertiary/aromatic N) is 1. The Morgan fingerprint density at radius 3 is 2.53 bits per heavy atom. The van der Waals surface area contributed by atoms with E-state index >= 15 is 0 Å². The number of imidazole rings is 1. The minimum absolute atomic E-state index is 0.212. The molecule has 0 amide bonds. The minimum atomic E-state index is -0.212. The second-order valence-corrected chi connectivity index (χ2v) is 5.13. The van der Waals surface area contributed by atoms with Gasteiger partial charge < -0.3 is 10.3 Å². The highest BCUT2D eigenvalue weighted by Gasteiger charge is 2.20. The summed E-state index contributed by atoms with van der Waals surface area (Å²) in [5.74, 6) is 1.36. The van der Waals surface area contributed by atoms with Crippen LogP contribution in [0, 0.1) is 12.7 Å². The quantitative estimate of drug-likeness (QED) is 0.870. The largest absolute Gasteiger partial charge is 0.345 e. The van der Waals surface area contributed by atoms with E-state index in [1.165, 1.54) is 12.1 Å². The molecule has 1 aliphatic heterocycles. The summed E-state index contributed by atoms with van der Waals surface area (Å²) in [5.41, 5.74) is 2.96. The summed E-state index contributed by atoms with van der Waals surface area (Å²) in [6, 6.07) is 6.52. The highest BCUT2D eigenvalue weighted by Crippen LogP contribution is 2.28. The van der Waals surface area contributed by atoms with Gasteiger partial charge in [-0.25, -0.2) is 9.37 Å². The lowest BCUT2D eigenvalue weighted by atomic mass is 9.98. The average molecular weight is 259 g/mol. The number of aromatic nitrogens is 2. The molecule has 2 aromatic rings. The van der Waals surface area contributed by atoms with Gasteiger partial charge in [0.25, 0.3) is 0 Å². The molecule has 0 saturated carbocycles. The van der Waals surface area contributed by atoms with Crippen LogP contribution in [0.25, 0.3) is 11.3 Å². The third kappa shape index (κ3) is 2.54. The lowest BCUT2D eigenvalue weighted by Gasteiger charge is -2.20. The third-order valence-corrected chi connectivity index (χ3v) is 3.75. The maximum absolute atomic E-state index is 13.0. The number of halogens is 1. The van der Waals surface area contributed by atoms with Gasteiger partial charge in [-0.1, -0.05) is 0 Å². The lowest BCUT2D eigenvalue weighted by Crippen LogP contribution is -2.27. The number of aromatic amines is 1. The SMILES string of the molecule is Cc1[nH]c(C2CCNCC2)nc1-c1ccc(F)cc1. The number of piperidine rings is 1. The van der Waals surface area contributed by atoms with Crippen molar-refractivity contribution in [3.63, 3.8) is 0 Å². The molecule has 3 nitrogen and oxygen atoms in total. The molecule has 0 bridgehead atoms. The van der Waals surface area contributed by atoms with Crippen LogP contribution in [0.5, 0.6) is 0 Å². The second-order valence-electron chi connectivity index (χ2n) is 5.13. The molecule has 1 aromatic heterocycles. The van der Waals surface area contributed by atoms with Crippen molar-refractivity contribution in [1.29, 1.82) is 0 Å². The average Bonchev–Trinajstić information content (AvgIpc) is 2.83. The van der Waals surface area contributed by atoms with E-state index < -0.39 is 0 Å². The Balaban J connectivity index is 1.90. The monoisotopic (exact) mass is 259 g/mol. The minimum Gasteiger partial charge on any atom is -0.345 e. The van der Waals surface area contributed by atoms with Gasteiger partial charge in [0.05, 0.1) is 5.69 Å². The molecule has 0 atom stereocenters. The van der Waals surface area contributed by atoms with E-state index in [2.05, 4.69) is 10.3 Å². The molecule has 100 valence electrons. The van der Waals surface area contributed by atoms with Crippen LogP contribution in [-0.2, 0) is 0 Å². The summed E-state index contributed by atoms with van der Waals surface area (Å²) in [4.78, 5) is 8.12. The van der Waals surface area contributed by atoms with Gasteiger partial charge in [-0.2, -0.15) is 0 Å². The highest BCUT2D eigenvalue weighted by molar-refractivity contribution is 5.61. The fraction of sp³-hybridized carbons (Fsp3) is 0.400. The smallest absolute Gasteiger partial charge is 0.123 e. The Morgan fingerprint density at radius 2 is 1.84 bits per heavy atom. The summed E-state index contributed by atoms with van der Waals surface area (Å²) >= 11 is 0. The number of H-pyrrole nitrogens is 1. The fourth-order valence-electron chi connectivity index (χ4n) is 2.66. The van der Waals surface area contributed by atoms with Crippen molar-refractivity contribution in [3.05, 3.63) is 41.6 Å². The first-order valence-corrected chi connectivity index (χ1v) is 6.77. The van der Waals surface area contributed by atoms with Crippen LogP contribution >= 0.6 is 0 Å². The van der Waals surface area contributed by atoms with Crippen molar-refractivity contribution in [1.82, 2.24) is 15.3 Å². The van der Waals surface area contributed by atoms with Crippen LogP contribution in [-0.4, -0.2) is 23.1 Å². The van der Waals surface area contributed by atoms with Gasteiger partial charge in [0, 0.05) is 17.2 Å². The van der Waals surface area contributed by atoms with Crippen molar-refractivity contribution >= 4 is 0 Å². The Hall–Kier alpha value is -1.68. The van der Waals surface area contributed by atoms with Crippen LogP contribution < -0.4 is 5.32 Å². The molecule has 1 fully saturated rings. The molecule has 0 radical (unpaired) electrons. The first-order chi connectivity index (χ1) is 9.24. The van der Waals surface area contributed by atoms with Gasteiger partial charge in [-0.3, -0.25) is 0 Å². The summed E-state index contributed by atoms with van der Waals surface area (Å²) in [6.07, 6.45) is 2.24. The van der Waals surface area contributed by atoms with Gasteiger partial charge in [0.1, 0.15) is 11.6 Å². The first-order valence-electron chi connectivity index (χ1n) is 6.77. The van der Waals surface area contributed by atoms with Crippen molar-refractivity contribution in [3.8, 4) is 11.3 Å². The maximum Gasteiger partial charge on any atom is 0.123 e. The van der Waals surface area contributed by atoms with Gasteiger partial charge >= 0.3 is 0 Å². The van der Waals surface area contributed by atoms with Gasteiger partial charge in [-0.15, -0.1) is 0 Å². The zero-order valence-electron chi connectivity index (χ0n) is 11.0. The summed E-state index contributed by atoms with van der Waals surface area (Å²) < 4.78 is 13.0. The number of aryl methyl sites for hydroxylation is 1. The number of hydrogen-bond acceptors (Lipinski definition) is 2. The van der Waals surface area contributed by atoms with E-state index in [4.69, 9.17) is 4.98 Å². The predicted octanol–water partition coefficient (Wildman–Crippen LogP) is 2.99. The molecular formula is C15H18FN3. The number of benzene rings is 1. The van der Waals surface area contributed by atoms with E-state index in [9.17, 15) is 4.39 Å². The normalized spacial score (nSPS) is 16.7. The van der Waals surface area contributed by atoms with Gasteiger partial charge in [0.2, 0.25) is 0 Å². The van der Waals surface area contributed by atoms with E-state index in [1.807, 2.05) is 6.92 Å². The number of rotatable bonds is 2. The summed E-state index contributed by atoms with van der Waals surface area (Å²) in [6.45, 7) is 4.13. The number of nitrogens with one attached hydrogen (secondary N) is 2. The van der Waals surface area contributed by atoms with E-state index in [0.29, 0.717) is 5.92 Å². The van der Waals surface area contributed by atoms with E-state index in [1.54, 1.807) is 12.1 Å². The van der Waals surface area contributed by atoms with Crippen LogP contribution in [0.3, 0.4) is 0 Å². The molecule has 2 heterocycles. The van der Waals surface area contributed by atoms with Gasteiger partial charge in [-0.05, 0) is 57.1 Å². The maximum atomic E-state index is 13.0. The Morgan fingerprint density at radius 1 is 1.16 bits per heavy atom. The van der Waals surface area contributed by atoms with Crippen LogP contribution in [0.1, 0.15) is 30.3 Å². The molecule has 0 spiro atoms. The van der Waals surface area contributed by atoms with E-state index in [-0.39, 0.29) is 5.82 Å². The van der Waals surface area contributed by atoms with Crippen molar-refractivity contribution in [2.75, 3.05) is 13.1 Å². The van der Waals surface area contributed by atoms with E-state index in [0.717, 1.165) is 48.7 Å². The second kappa shape index (κ2) is 5.13. The standard InChI is InChI=1S/C15H18FN3/c1-10-14(11-2-4-13(16)5-3-11)19-15(18-10)12-6-8-17-9-7-12/h2-5,12,17H,6-9H2,1H3,(H,18,19). The molecule has 4 heteroatoms. The van der Waals surface area contributed by atoms with Crippen molar-refractivity contribution < 1.29 is 4.39 Å². The van der Waals surface area contributed by atoms with Gasteiger partial charge in [0.15, 0.2) is 0 Å². The molecular weight excluding hydrogens is 241 g/mol. The molecule has 1 saturated heterocycles. The lowest BCUT2D eigenvalue weighted by molar-refractivity contribution is 0.447. The Kier molecular flexibility index (Phi) is 3.34. The molecule has 0 unspecified atom stereocenters. The van der Waals surface area contributed by atoms with Crippen LogP contribution in [0.2, 0.25) is 0 Å². The Bertz CT molecular complexity index is 553. The van der Waals surface area contributed by atoms with Crippen molar-refractivity contribution in [2.24, 2.45) is 0 Å². The molecule has 19 heavy (non-hydrogen) atoms.